The summed E-state index contributed by atoms with van der Waals surface area (Å²) in [6.45, 7) is 11.3. The lowest BCUT2D eigenvalue weighted by molar-refractivity contribution is -0.0602. The van der Waals surface area contributed by atoms with Crippen molar-refractivity contribution in [1.29, 1.82) is 5.41 Å². The summed E-state index contributed by atoms with van der Waals surface area (Å²) >= 11 is 0. The quantitative estimate of drug-likeness (QED) is 0.0782. The van der Waals surface area contributed by atoms with E-state index in [0.717, 1.165) is 29.8 Å². The number of nitrogens with zero attached hydrogens (tertiary/aromatic N) is 1. The van der Waals surface area contributed by atoms with E-state index in [4.69, 9.17) is 19.2 Å². The monoisotopic (exact) mass is 700 g/mol. The van der Waals surface area contributed by atoms with Gasteiger partial charge in [0.1, 0.15) is 22.1 Å². The molecule has 48 heavy (non-hydrogen) atoms. The summed E-state index contributed by atoms with van der Waals surface area (Å²) in [7, 11) is -4.75. The van der Waals surface area contributed by atoms with Crippen LogP contribution in [0.5, 0.6) is 11.5 Å². The number of ether oxygens (including phenoxy) is 2. The number of oxime groups is 1. The molecule has 7 nitrogen and oxygen atoms in total. The molecule has 0 aliphatic rings. The van der Waals surface area contributed by atoms with E-state index in [1.54, 1.807) is 39.8 Å². The molecule has 0 fully saturated rings. The number of rotatable bonds is 14. The zero-order valence-corrected chi connectivity index (χ0v) is 28.1. The van der Waals surface area contributed by atoms with Gasteiger partial charge in [0.05, 0.1) is 13.2 Å². The first-order chi connectivity index (χ1) is 22.2. The topological polar surface area (TPSA) is 98.0 Å². The van der Waals surface area contributed by atoms with Crippen molar-refractivity contribution in [2.45, 2.75) is 83.0 Å². The second-order valence-electron chi connectivity index (χ2n) is 11.9. The number of halogens is 6. The van der Waals surface area contributed by atoms with Gasteiger partial charge in [0.15, 0.2) is 5.71 Å². The zero-order chi connectivity index (χ0) is 36.0. The molecule has 0 unspecified atom stereocenters. The Morgan fingerprint density at radius 2 is 1.15 bits per heavy atom. The zero-order valence-electron chi connectivity index (χ0n) is 27.3. The Kier molecular flexibility index (Phi) is 12.3. The molecule has 1 N–H and O–H groups in total. The highest BCUT2D eigenvalue weighted by molar-refractivity contribution is 7.86. The first-order valence-electron chi connectivity index (χ1n) is 15.1. The summed E-state index contributed by atoms with van der Waals surface area (Å²) in [6, 6.07) is 13.0. The largest absolute Gasteiger partial charge is 0.493 e. The van der Waals surface area contributed by atoms with E-state index >= 15 is 0 Å². The number of hydrogen-bond acceptors (Lipinski definition) is 7. The lowest BCUT2D eigenvalue weighted by Gasteiger charge is -2.21. The molecule has 0 aliphatic heterocycles. The van der Waals surface area contributed by atoms with Crippen molar-refractivity contribution in [3.63, 3.8) is 0 Å². The molecule has 0 heterocycles. The SMILES string of the molecule is CC(C)c1cc(C(C)C)c(S(=O)(=O)O/N=C(/c2ccc(OCCCOc3ccc(C(=N)C(F)(F)F)cc3)cc2)C(F)(F)F)c(C(C)C)c1. The van der Waals surface area contributed by atoms with Crippen LogP contribution in [0.1, 0.15) is 93.5 Å². The minimum absolute atomic E-state index is 0.0888. The van der Waals surface area contributed by atoms with Crippen LogP contribution in [0.15, 0.2) is 70.7 Å². The van der Waals surface area contributed by atoms with Crippen LogP contribution in [0.25, 0.3) is 0 Å². The van der Waals surface area contributed by atoms with Gasteiger partial charge in [-0.15, -0.1) is 0 Å². The van der Waals surface area contributed by atoms with E-state index in [1.807, 2.05) is 13.8 Å². The summed E-state index contributed by atoms with van der Waals surface area (Å²) in [5, 5.41) is 10.3. The van der Waals surface area contributed by atoms with Crippen molar-refractivity contribution in [3.05, 3.63) is 88.5 Å². The summed E-state index contributed by atoms with van der Waals surface area (Å²) in [4.78, 5) is -0.186. The van der Waals surface area contributed by atoms with Gasteiger partial charge < -0.3 is 9.47 Å². The molecule has 3 aromatic carbocycles. The highest BCUT2D eigenvalue weighted by Gasteiger charge is 2.39. The van der Waals surface area contributed by atoms with Crippen LogP contribution in [0.4, 0.5) is 26.3 Å². The number of benzene rings is 3. The van der Waals surface area contributed by atoms with Crippen molar-refractivity contribution >= 4 is 21.5 Å². The van der Waals surface area contributed by atoms with Crippen molar-refractivity contribution in [2.24, 2.45) is 5.16 Å². The summed E-state index contributed by atoms with van der Waals surface area (Å²) in [6.07, 6.45) is -9.48. The van der Waals surface area contributed by atoms with Gasteiger partial charge in [-0.2, -0.15) is 34.8 Å². The van der Waals surface area contributed by atoms with Crippen LogP contribution in [-0.4, -0.2) is 45.4 Å². The first kappa shape index (κ1) is 38.4. The normalized spacial score (nSPS) is 12.9. The van der Waals surface area contributed by atoms with Crippen LogP contribution in [0.2, 0.25) is 0 Å². The third kappa shape index (κ3) is 9.97. The molecular formula is C34H38F6N2O5S. The van der Waals surface area contributed by atoms with Gasteiger partial charge in [0.2, 0.25) is 0 Å². The van der Waals surface area contributed by atoms with Gasteiger partial charge in [-0.05, 0) is 83.0 Å². The Morgan fingerprint density at radius 1 is 0.708 bits per heavy atom. The molecule has 0 aromatic heterocycles. The average molecular weight is 701 g/mol. The lowest BCUT2D eigenvalue weighted by Crippen LogP contribution is -2.25. The average Bonchev–Trinajstić information content (AvgIpc) is 2.99. The van der Waals surface area contributed by atoms with Crippen LogP contribution in [-0.2, 0) is 14.4 Å². The molecule has 0 spiro atoms. The van der Waals surface area contributed by atoms with E-state index in [-0.39, 0.29) is 52.9 Å². The van der Waals surface area contributed by atoms with Crippen LogP contribution >= 0.6 is 0 Å². The maximum atomic E-state index is 14.1. The molecule has 262 valence electrons. The standard InChI is InChI=1S/C34H38F6N2O5S/c1-20(2)25-18-28(21(3)4)30(29(19-25)22(5)6)48(43,44)47-42-32(34(38,39)40)24-10-14-27(15-11-24)46-17-7-16-45-26-12-8-23(9-13-26)31(41)33(35,36)37/h8-15,18-22,41H,7,16-17H2,1-6H3/b41-31?,42-32-. The van der Waals surface area contributed by atoms with Crippen molar-refractivity contribution < 1.29 is 48.5 Å². The maximum Gasteiger partial charge on any atom is 0.437 e. The second kappa shape index (κ2) is 15.4. The molecule has 0 saturated heterocycles. The fourth-order valence-electron chi connectivity index (χ4n) is 4.60. The highest BCUT2D eigenvalue weighted by Crippen LogP contribution is 2.36. The van der Waals surface area contributed by atoms with Crippen molar-refractivity contribution in [1.82, 2.24) is 0 Å². The van der Waals surface area contributed by atoms with E-state index in [9.17, 15) is 34.8 Å². The number of alkyl halides is 6. The van der Waals surface area contributed by atoms with Gasteiger partial charge in [-0.1, -0.05) is 58.8 Å². The molecule has 0 atom stereocenters. The van der Waals surface area contributed by atoms with Crippen molar-refractivity contribution in [3.8, 4) is 11.5 Å². The lowest BCUT2D eigenvalue weighted by atomic mass is 9.89. The predicted molar refractivity (Wildman–Crippen MR) is 171 cm³/mol. The third-order valence-corrected chi connectivity index (χ3v) is 8.45. The van der Waals surface area contributed by atoms with Gasteiger partial charge in [-0.25, -0.2) is 0 Å². The van der Waals surface area contributed by atoms with E-state index < -0.39 is 39.5 Å². The molecule has 0 amide bonds. The molecule has 0 aliphatic carbocycles. The molecular weight excluding hydrogens is 662 g/mol. The third-order valence-electron chi connectivity index (χ3n) is 7.20. The molecule has 14 heteroatoms. The number of hydrogen-bond donors (Lipinski definition) is 1. The fraction of sp³-hybridized carbons (Fsp3) is 0.412. The molecule has 0 bridgehead atoms. The molecule has 0 radical (unpaired) electrons. The van der Waals surface area contributed by atoms with Crippen LogP contribution in [0, 0.1) is 5.41 Å². The molecule has 3 rings (SSSR count). The Bertz CT molecular complexity index is 1670. The fourth-order valence-corrected chi connectivity index (χ4v) is 6.01. The minimum Gasteiger partial charge on any atom is -0.493 e. The summed E-state index contributed by atoms with van der Waals surface area (Å²) < 4.78 is 123. The van der Waals surface area contributed by atoms with Crippen LogP contribution < -0.4 is 9.47 Å². The van der Waals surface area contributed by atoms with E-state index in [2.05, 4.69) is 5.16 Å². The molecule has 3 aromatic rings. The van der Waals surface area contributed by atoms with Crippen molar-refractivity contribution in [2.75, 3.05) is 13.2 Å². The van der Waals surface area contributed by atoms with Gasteiger partial charge >= 0.3 is 22.5 Å². The van der Waals surface area contributed by atoms with Gasteiger partial charge in [0, 0.05) is 17.5 Å². The molecule has 0 saturated carbocycles. The maximum absolute atomic E-state index is 14.1. The Hall–Kier alpha value is -4.07. The summed E-state index contributed by atoms with van der Waals surface area (Å²) in [5.41, 5.74) is -1.99. The van der Waals surface area contributed by atoms with E-state index in [1.165, 1.54) is 24.3 Å². The first-order valence-corrected chi connectivity index (χ1v) is 16.5. The van der Waals surface area contributed by atoms with Crippen LogP contribution in [0.3, 0.4) is 0 Å². The van der Waals surface area contributed by atoms with Gasteiger partial charge in [-0.3, -0.25) is 9.69 Å². The van der Waals surface area contributed by atoms with Gasteiger partial charge in [0.25, 0.3) is 0 Å². The Labute approximate surface area is 276 Å². The predicted octanol–water partition coefficient (Wildman–Crippen LogP) is 9.51. The highest BCUT2D eigenvalue weighted by atomic mass is 32.2. The Balaban J connectivity index is 1.70. The summed E-state index contributed by atoms with van der Waals surface area (Å²) in [5.74, 6) is 0.0569. The number of nitrogens with one attached hydrogen (secondary N) is 1. The minimum atomic E-state index is -5.05. The smallest absolute Gasteiger partial charge is 0.437 e. The Morgan fingerprint density at radius 3 is 1.52 bits per heavy atom. The second-order valence-corrected chi connectivity index (χ2v) is 13.4. The van der Waals surface area contributed by atoms with E-state index in [0.29, 0.717) is 17.5 Å².